The lowest BCUT2D eigenvalue weighted by molar-refractivity contribution is 0.220. The second-order valence-electron chi connectivity index (χ2n) is 8.04. The van der Waals surface area contributed by atoms with Crippen LogP contribution in [-0.2, 0) is 0 Å². The Kier molecular flexibility index (Phi) is 18.3. The second-order valence-corrected chi connectivity index (χ2v) is 8.04. The third-order valence-electron chi connectivity index (χ3n) is 6.32. The molecule has 150 valence electrons. The zero-order valence-electron chi connectivity index (χ0n) is 18.0. The first-order chi connectivity index (χ1) is 12.2. The Morgan fingerprint density at radius 3 is 1.40 bits per heavy atom. The number of rotatable bonds is 19. The van der Waals surface area contributed by atoms with E-state index < -0.39 is 0 Å². The van der Waals surface area contributed by atoms with Crippen LogP contribution in [0.1, 0.15) is 130 Å². The standard InChI is InChI=1S/C24H49N/c1-4-24(5-2,6-3)22-20-18-16-14-12-10-8-7-9-11-13-15-17-19-21-23-25/h7-8H,4-6,9-23,25H2,1-3H3. The van der Waals surface area contributed by atoms with Gasteiger partial charge >= 0.3 is 0 Å². The Labute approximate surface area is 160 Å². The van der Waals surface area contributed by atoms with Gasteiger partial charge in [-0.15, -0.1) is 0 Å². The van der Waals surface area contributed by atoms with Crippen LogP contribution >= 0.6 is 0 Å². The van der Waals surface area contributed by atoms with Crippen LogP contribution in [-0.4, -0.2) is 6.54 Å². The van der Waals surface area contributed by atoms with Gasteiger partial charge in [-0.2, -0.15) is 0 Å². The van der Waals surface area contributed by atoms with Crippen LogP contribution < -0.4 is 5.73 Å². The smallest absolute Gasteiger partial charge is 0.00773 e. The monoisotopic (exact) mass is 351 g/mol. The maximum atomic E-state index is 5.51. The van der Waals surface area contributed by atoms with Crippen molar-refractivity contribution >= 4 is 0 Å². The van der Waals surface area contributed by atoms with Gasteiger partial charge in [-0.1, -0.05) is 104 Å². The van der Waals surface area contributed by atoms with Gasteiger partial charge in [0.25, 0.3) is 0 Å². The molecule has 1 nitrogen and oxygen atoms in total. The lowest BCUT2D eigenvalue weighted by Gasteiger charge is -2.30. The Morgan fingerprint density at radius 1 is 0.560 bits per heavy atom. The summed E-state index contributed by atoms with van der Waals surface area (Å²) in [6.07, 6.45) is 28.1. The van der Waals surface area contributed by atoms with Crippen LogP contribution in [0.4, 0.5) is 0 Å². The van der Waals surface area contributed by atoms with Crippen LogP contribution in [0, 0.1) is 5.41 Å². The first kappa shape index (κ1) is 24.7. The topological polar surface area (TPSA) is 26.0 Å². The van der Waals surface area contributed by atoms with Crippen molar-refractivity contribution in [2.75, 3.05) is 6.54 Å². The number of allylic oxidation sites excluding steroid dienone is 2. The van der Waals surface area contributed by atoms with Gasteiger partial charge in [0.1, 0.15) is 0 Å². The molecule has 0 aromatic heterocycles. The first-order valence-electron chi connectivity index (χ1n) is 11.6. The highest BCUT2D eigenvalue weighted by Crippen LogP contribution is 2.36. The summed E-state index contributed by atoms with van der Waals surface area (Å²) >= 11 is 0. The SMILES string of the molecule is CCC(CC)(CC)CCCCCCCC=CCCCCCCCCN. The van der Waals surface area contributed by atoms with Crippen molar-refractivity contribution in [3.63, 3.8) is 0 Å². The van der Waals surface area contributed by atoms with Crippen molar-refractivity contribution in [3.8, 4) is 0 Å². The third kappa shape index (κ3) is 14.5. The largest absolute Gasteiger partial charge is 0.330 e. The molecule has 0 atom stereocenters. The molecule has 0 unspecified atom stereocenters. The van der Waals surface area contributed by atoms with Crippen LogP contribution in [0.2, 0.25) is 0 Å². The minimum absolute atomic E-state index is 0.646. The Morgan fingerprint density at radius 2 is 0.960 bits per heavy atom. The number of nitrogens with two attached hydrogens (primary N) is 1. The molecule has 0 heterocycles. The average Bonchev–Trinajstić information content (AvgIpc) is 2.65. The van der Waals surface area contributed by atoms with Crippen LogP contribution in [0.3, 0.4) is 0 Å². The van der Waals surface area contributed by atoms with Gasteiger partial charge in [-0.05, 0) is 50.5 Å². The van der Waals surface area contributed by atoms with E-state index in [4.69, 9.17) is 5.73 Å². The van der Waals surface area contributed by atoms with Crippen molar-refractivity contribution in [2.24, 2.45) is 11.1 Å². The predicted molar refractivity (Wildman–Crippen MR) is 116 cm³/mol. The molecule has 0 saturated carbocycles. The number of unbranched alkanes of at least 4 members (excludes halogenated alkanes) is 11. The molecule has 0 bridgehead atoms. The quantitative estimate of drug-likeness (QED) is 0.184. The summed E-state index contributed by atoms with van der Waals surface area (Å²) in [6.45, 7) is 7.99. The molecule has 0 aromatic carbocycles. The molecule has 1 heteroatoms. The van der Waals surface area contributed by atoms with Gasteiger partial charge in [0.2, 0.25) is 0 Å². The summed E-state index contributed by atoms with van der Waals surface area (Å²) in [5.74, 6) is 0. The minimum atomic E-state index is 0.646. The molecule has 0 radical (unpaired) electrons. The molecule has 0 aliphatic heterocycles. The van der Waals surface area contributed by atoms with Gasteiger partial charge < -0.3 is 5.73 Å². The molecule has 0 aromatic rings. The van der Waals surface area contributed by atoms with E-state index in [1.807, 2.05) is 0 Å². The summed E-state index contributed by atoms with van der Waals surface area (Å²) in [5, 5.41) is 0. The van der Waals surface area contributed by atoms with E-state index in [0.29, 0.717) is 5.41 Å². The summed E-state index contributed by atoms with van der Waals surface area (Å²) in [5.41, 5.74) is 6.15. The van der Waals surface area contributed by atoms with Crippen molar-refractivity contribution in [2.45, 2.75) is 130 Å². The Bertz CT molecular complexity index is 270. The van der Waals surface area contributed by atoms with E-state index in [1.165, 1.54) is 109 Å². The van der Waals surface area contributed by atoms with Crippen LogP contribution in [0.15, 0.2) is 12.2 Å². The number of hydrogen-bond acceptors (Lipinski definition) is 1. The molecule has 0 aliphatic carbocycles. The zero-order chi connectivity index (χ0) is 18.6. The van der Waals surface area contributed by atoms with Crippen molar-refractivity contribution in [1.29, 1.82) is 0 Å². The fourth-order valence-electron chi connectivity index (χ4n) is 3.92. The molecule has 0 spiro atoms. The first-order valence-corrected chi connectivity index (χ1v) is 11.6. The summed E-state index contributed by atoms with van der Waals surface area (Å²) in [4.78, 5) is 0. The van der Waals surface area contributed by atoms with E-state index in [0.717, 1.165) is 6.54 Å². The fraction of sp³-hybridized carbons (Fsp3) is 0.917. The van der Waals surface area contributed by atoms with Gasteiger partial charge in [-0.3, -0.25) is 0 Å². The van der Waals surface area contributed by atoms with Gasteiger partial charge in [0, 0.05) is 0 Å². The molecule has 0 rings (SSSR count). The Hall–Kier alpha value is -0.300. The summed E-state index contributed by atoms with van der Waals surface area (Å²) in [7, 11) is 0. The van der Waals surface area contributed by atoms with E-state index in [1.54, 1.807) is 0 Å². The van der Waals surface area contributed by atoms with E-state index in [9.17, 15) is 0 Å². The summed E-state index contributed by atoms with van der Waals surface area (Å²) in [6, 6.07) is 0. The second kappa shape index (κ2) is 18.5. The average molecular weight is 352 g/mol. The normalized spacial score (nSPS) is 12.3. The fourth-order valence-corrected chi connectivity index (χ4v) is 3.92. The molecule has 0 saturated heterocycles. The highest BCUT2D eigenvalue weighted by atomic mass is 14.5. The maximum absolute atomic E-state index is 5.51. The molecule has 0 fully saturated rings. The molecule has 0 aliphatic rings. The molecule has 0 amide bonds. The third-order valence-corrected chi connectivity index (χ3v) is 6.32. The highest BCUT2D eigenvalue weighted by Gasteiger charge is 2.22. The zero-order valence-corrected chi connectivity index (χ0v) is 18.0. The van der Waals surface area contributed by atoms with Crippen molar-refractivity contribution in [3.05, 3.63) is 12.2 Å². The number of hydrogen-bond donors (Lipinski definition) is 1. The highest BCUT2D eigenvalue weighted by molar-refractivity contribution is 4.81. The van der Waals surface area contributed by atoms with E-state index in [2.05, 4.69) is 32.9 Å². The van der Waals surface area contributed by atoms with E-state index in [-0.39, 0.29) is 0 Å². The van der Waals surface area contributed by atoms with Crippen molar-refractivity contribution < 1.29 is 0 Å². The van der Waals surface area contributed by atoms with Crippen molar-refractivity contribution in [1.82, 2.24) is 0 Å². The van der Waals surface area contributed by atoms with Gasteiger partial charge in [0.15, 0.2) is 0 Å². The molecule has 25 heavy (non-hydrogen) atoms. The minimum Gasteiger partial charge on any atom is -0.330 e. The van der Waals surface area contributed by atoms with Crippen LogP contribution in [0.5, 0.6) is 0 Å². The van der Waals surface area contributed by atoms with Gasteiger partial charge in [0.05, 0.1) is 0 Å². The predicted octanol–water partition coefficient (Wildman–Crippen LogP) is 8.18. The van der Waals surface area contributed by atoms with Gasteiger partial charge in [-0.25, -0.2) is 0 Å². The lowest BCUT2D eigenvalue weighted by atomic mass is 9.75. The van der Waals surface area contributed by atoms with E-state index >= 15 is 0 Å². The molecule has 2 N–H and O–H groups in total. The summed E-state index contributed by atoms with van der Waals surface area (Å²) < 4.78 is 0. The Balaban J connectivity index is 3.33. The maximum Gasteiger partial charge on any atom is -0.00773 e. The van der Waals surface area contributed by atoms with Crippen LogP contribution in [0.25, 0.3) is 0 Å². The molecular weight excluding hydrogens is 302 g/mol. The molecular formula is C24H49N. The lowest BCUT2D eigenvalue weighted by Crippen LogP contribution is -2.17.